The standard InChI is InChI=1S/C33H35F2N5O6/c34-33(35)46-26-11-5-10-23-22(26)15-25(38-23)32(45)40-17-20-8-4-9-21(20)27(40)30(43)39-24(14-19-12-13-36-29(19)42)28(41)31(44)37-16-18-6-2-1-3-7-18/h1-3,5-7,10-11,15,19-21,24,27,33,38H,4,8-9,12-14,16-17H2,(H,36,42)(H,37,44)(H,39,43)/t19-,20?,21?,24-,27?/m0/s1. The number of H-pyrrole nitrogens is 1. The molecule has 3 aliphatic rings. The number of rotatable bonds is 11. The lowest BCUT2D eigenvalue weighted by atomic mass is 9.91. The van der Waals surface area contributed by atoms with Crippen LogP contribution in [0.3, 0.4) is 0 Å². The van der Waals surface area contributed by atoms with Crippen molar-refractivity contribution in [3.8, 4) is 5.75 Å². The average molecular weight is 636 g/mol. The van der Waals surface area contributed by atoms with Crippen molar-refractivity contribution in [2.45, 2.75) is 57.3 Å². The zero-order chi connectivity index (χ0) is 32.4. The summed E-state index contributed by atoms with van der Waals surface area (Å²) in [5, 5.41) is 8.38. The lowest BCUT2D eigenvalue weighted by Gasteiger charge is -2.29. The molecule has 4 amide bonds. The Hall–Kier alpha value is -4.81. The fraction of sp³-hybridized carbons (Fsp3) is 0.424. The summed E-state index contributed by atoms with van der Waals surface area (Å²) in [5.41, 5.74) is 1.31. The summed E-state index contributed by atoms with van der Waals surface area (Å²) in [5.74, 6) is -3.82. The number of Topliss-reactive ketones (excluding diaryl/α,β-unsaturated/α-hetero) is 1. The SMILES string of the molecule is O=C(NCc1ccccc1)C(=O)[C@H](C[C@@H]1CCNC1=O)NC(=O)C1C2CCCC2CN1C(=O)c1cc2c(OC(F)F)cccc2[nH]1. The number of halogens is 2. The first-order valence-corrected chi connectivity index (χ1v) is 15.5. The molecule has 0 bridgehead atoms. The minimum absolute atomic E-state index is 0.0567. The van der Waals surface area contributed by atoms with Crippen molar-refractivity contribution in [3.05, 3.63) is 65.9 Å². The Labute approximate surface area is 263 Å². The minimum Gasteiger partial charge on any atom is -0.434 e. The maximum Gasteiger partial charge on any atom is 0.387 e. The Bertz CT molecular complexity index is 1650. The van der Waals surface area contributed by atoms with Gasteiger partial charge in [-0.2, -0.15) is 8.78 Å². The molecule has 3 unspecified atom stereocenters. The van der Waals surface area contributed by atoms with Crippen molar-refractivity contribution < 1.29 is 37.5 Å². The number of nitrogens with one attached hydrogen (secondary N) is 4. The zero-order valence-electron chi connectivity index (χ0n) is 25.0. The highest BCUT2D eigenvalue weighted by molar-refractivity contribution is 6.38. The Morgan fingerprint density at radius 1 is 1.02 bits per heavy atom. The number of hydrogen-bond donors (Lipinski definition) is 4. The molecular formula is C33H35F2N5O6. The van der Waals surface area contributed by atoms with Gasteiger partial charge in [0.05, 0.1) is 6.04 Å². The number of fused-ring (bicyclic) bond motifs is 2. The fourth-order valence-electron chi connectivity index (χ4n) is 7.11. The number of amides is 4. The summed E-state index contributed by atoms with van der Waals surface area (Å²) >= 11 is 0. The molecule has 46 heavy (non-hydrogen) atoms. The number of nitrogens with zero attached hydrogens (tertiary/aromatic N) is 1. The number of likely N-dealkylation sites (tertiary alicyclic amines) is 1. The molecule has 6 rings (SSSR count). The second kappa shape index (κ2) is 13.3. The zero-order valence-corrected chi connectivity index (χ0v) is 25.0. The number of alkyl halides is 2. The Morgan fingerprint density at radius 3 is 2.57 bits per heavy atom. The second-order valence-electron chi connectivity index (χ2n) is 12.1. The van der Waals surface area contributed by atoms with Crippen LogP contribution in [-0.4, -0.2) is 71.1 Å². The van der Waals surface area contributed by atoms with Crippen LogP contribution in [0.2, 0.25) is 0 Å². The summed E-state index contributed by atoms with van der Waals surface area (Å²) in [6.45, 7) is -2.20. The van der Waals surface area contributed by atoms with Crippen LogP contribution in [-0.2, 0) is 25.7 Å². The summed E-state index contributed by atoms with van der Waals surface area (Å²) < 4.78 is 30.6. The summed E-state index contributed by atoms with van der Waals surface area (Å²) in [4.78, 5) is 71.3. The van der Waals surface area contributed by atoms with Crippen LogP contribution < -0.4 is 20.7 Å². The predicted molar refractivity (Wildman–Crippen MR) is 162 cm³/mol. The van der Waals surface area contributed by atoms with Gasteiger partial charge in [0.25, 0.3) is 11.8 Å². The van der Waals surface area contributed by atoms with E-state index in [0.717, 1.165) is 18.4 Å². The normalized spacial score (nSPS) is 22.8. The maximum absolute atomic E-state index is 14.1. The molecule has 242 valence electrons. The van der Waals surface area contributed by atoms with Crippen molar-refractivity contribution >= 4 is 40.3 Å². The molecule has 4 N–H and O–H groups in total. The predicted octanol–water partition coefficient (Wildman–Crippen LogP) is 2.91. The molecule has 1 aliphatic carbocycles. The van der Waals surface area contributed by atoms with E-state index >= 15 is 0 Å². The molecule has 13 heteroatoms. The molecule has 0 radical (unpaired) electrons. The molecule has 1 aromatic heterocycles. The van der Waals surface area contributed by atoms with Crippen LogP contribution >= 0.6 is 0 Å². The van der Waals surface area contributed by atoms with E-state index < -0.39 is 48.1 Å². The van der Waals surface area contributed by atoms with Gasteiger partial charge in [0, 0.05) is 36.5 Å². The van der Waals surface area contributed by atoms with Gasteiger partial charge in [0.1, 0.15) is 17.5 Å². The third-order valence-electron chi connectivity index (χ3n) is 9.33. The Kier molecular flexibility index (Phi) is 9.00. The van der Waals surface area contributed by atoms with Crippen molar-refractivity contribution in [2.24, 2.45) is 17.8 Å². The van der Waals surface area contributed by atoms with Crippen LogP contribution in [0, 0.1) is 17.8 Å². The first kappa shape index (κ1) is 31.2. The van der Waals surface area contributed by atoms with Crippen LogP contribution in [0.4, 0.5) is 8.78 Å². The van der Waals surface area contributed by atoms with Gasteiger partial charge in [-0.15, -0.1) is 0 Å². The molecule has 1 saturated carbocycles. The van der Waals surface area contributed by atoms with Gasteiger partial charge in [-0.05, 0) is 61.3 Å². The van der Waals surface area contributed by atoms with Crippen LogP contribution in [0.15, 0.2) is 54.6 Å². The van der Waals surface area contributed by atoms with Gasteiger partial charge in [-0.25, -0.2) is 0 Å². The number of benzene rings is 2. The number of ether oxygens (including phenoxy) is 1. The molecule has 2 aromatic carbocycles. The minimum atomic E-state index is -3.04. The monoisotopic (exact) mass is 635 g/mol. The molecule has 0 spiro atoms. The lowest BCUT2D eigenvalue weighted by molar-refractivity contribution is -0.141. The van der Waals surface area contributed by atoms with Crippen LogP contribution in [0.25, 0.3) is 10.9 Å². The van der Waals surface area contributed by atoms with Gasteiger partial charge in [0.2, 0.25) is 17.6 Å². The van der Waals surface area contributed by atoms with E-state index in [1.54, 1.807) is 18.2 Å². The molecule has 5 atom stereocenters. The molecule has 2 saturated heterocycles. The number of hydrogen-bond acceptors (Lipinski definition) is 6. The number of ketones is 1. The first-order valence-electron chi connectivity index (χ1n) is 15.5. The Balaban J connectivity index is 1.23. The van der Waals surface area contributed by atoms with Gasteiger partial charge < -0.3 is 30.6 Å². The second-order valence-corrected chi connectivity index (χ2v) is 12.1. The van der Waals surface area contributed by atoms with E-state index in [-0.39, 0.29) is 42.2 Å². The van der Waals surface area contributed by atoms with Crippen molar-refractivity contribution in [1.82, 2.24) is 25.8 Å². The number of aromatic amines is 1. The third kappa shape index (κ3) is 6.44. The molecule has 3 heterocycles. The Morgan fingerprint density at radius 2 is 1.83 bits per heavy atom. The highest BCUT2D eigenvalue weighted by atomic mass is 19.3. The van der Waals surface area contributed by atoms with E-state index in [0.29, 0.717) is 36.8 Å². The van der Waals surface area contributed by atoms with Crippen molar-refractivity contribution in [1.29, 1.82) is 0 Å². The van der Waals surface area contributed by atoms with Crippen LogP contribution in [0.5, 0.6) is 5.75 Å². The topological polar surface area (TPSA) is 150 Å². The molecule has 2 aliphatic heterocycles. The number of carbonyl (C=O) groups is 5. The summed E-state index contributed by atoms with van der Waals surface area (Å²) in [6.07, 6.45) is 2.81. The fourth-order valence-corrected chi connectivity index (χ4v) is 7.11. The number of carbonyl (C=O) groups excluding carboxylic acids is 5. The number of aromatic nitrogens is 1. The van der Waals surface area contributed by atoms with E-state index in [1.165, 1.54) is 23.1 Å². The van der Waals surface area contributed by atoms with E-state index in [4.69, 9.17) is 0 Å². The summed E-state index contributed by atoms with van der Waals surface area (Å²) in [6, 6.07) is 12.8. The van der Waals surface area contributed by atoms with Crippen molar-refractivity contribution in [2.75, 3.05) is 13.1 Å². The molecule has 3 aromatic rings. The quantitative estimate of drug-likeness (QED) is 0.238. The maximum atomic E-state index is 14.1. The van der Waals surface area contributed by atoms with Crippen LogP contribution in [0.1, 0.15) is 48.2 Å². The average Bonchev–Trinajstić information content (AvgIpc) is 3.84. The molecule has 3 fully saturated rings. The highest BCUT2D eigenvalue weighted by Crippen LogP contribution is 2.43. The first-order chi connectivity index (χ1) is 22.2. The van der Waals surface area contributed by atoms with Gasteiger partial charge >= 0.3 is 6.61 Å². The van der Waals surface area contributed by atoms with Crippen molar-refractivity contribution in [3.63, 3.8) is 0 Å². The van der Waals surface area contributed by atoms with Gasteiger partial charge in [-0.3, -0.25) is 24.0 Å². The van der Waals surface area contributed by atoms with E-state index in [2.05, 4.69) is 25.7 Å². The van der Waals surface area contributed by atoms with E-state index in [9.17, 15) is 32.8 Å². The van der Waals surface area contributed by atoms with Gasteiger partial charge in [-0.1, -0.05) is 42.8 Å². The summed E-state index contributed by atoms with van der Waals surface area (Å²) in [7, 11) is 0. The lowest BCUT2D eigenvalue weighted by Crippen LogP contribution is -2.55. The molecule has 11 nitrogen and oxygen atoms in total. The van der Waals surface area contributed by atoms with Gasteiger partial charge in [0.15, 0.2) is 0 Å². The van der Waals surface area contributed by atoms with E-state index in [1.807, 2.05) is 18.2 Å². The highest BCUT2D eigenvalue weighted by Gasteiger charge is 2.50. The third-order valence-corrected chi connectivity index (χ3v) is 9.33. The molecular weight excluding hydrogens is 600 g/mol. The largest absolute Gasteiger partial charge is 0.434 e. The smallest absolute Gasteiger partial charge is 0.387 e.